The summed E-state index contributed by atoms with van der Waals surface area (Å²) >= 11 is 0. The molecule has 0 saturated heterocycles. The van der Waals surface area contributed by atoms with E-state index in [4.69, 9.17) is 19.2 Å². The minimum Gasteiger partial charge on any atom is -0.496 e. The summed E-state index contributed by atoms with van der Waals surface area (Å²) in [6.07, 6.45) is 0.0575. The van der Waals surface area contributed by atoms with Crippen LogP contribution in [-0.2, 0) is 22.8 Å². The topological polar surface area (TPSA) is 40.2 Å². The van der Waals surface area contributed by atoms with Crippen LogP contribution >= 0.6 is 0 Å². The van der Waals surface area contributed by atoms with Gasteiger partial charge in [0.2, 0.25) is 0 Å². The highest BCUT2D eigenvalue weighted by molar-refractivity contribution is 5.56. The normalized spacial score (nSPS) is 21.7. The van der Waals surface area contributed by atoms with Crippen molar-refractivity contribution in [3.05, 3.63) is 22.8 Å². The molecule has 0 saturated carbocycles. The Morgan fingerprint density at radius 1 is 1.42 bits per heavy atom. The van der Waals surface area contributed by atoms with E-state index in [1.807, 2.05) is 13.0 Å². The number of ether oxygens (including phenoxy) is 2. The van der Waals surface area contributed by atoms with E-state index in [1.54, 1.807) is 7.11 Å². The van der Waals surface area contributed by atoms with Crippen molar-refractivity contribution in [3.63, 3.8) is 0 Å². The third-order valence-electron chi connectivity index (χ3n) is 3.66. The van der Waals surface area contributed by atoms with Gasteiger partial charge in [0.15, 0.2) is 5.75 Å². The molecule has 0 aliphatic carbocycles. The molecule has 2 aliphatic heterocycles. The predicted molar refractivity (Wildman–Crippen MR) is 69.1 cm³/mol. The molecule has 1 unspecified atom stereocenters. The minimum atomic E-state index is 0.0575. The van der Waals surface area contributed by atoms with Gasteiger partial charge in [-0.2, -0.15) is 4.89 Å². The first-order valence-corrected chi connectivity index (χ1v) is 6.56. The van der Waals surface area contributed by atoms with Crippen LogP contribution in [0.15, 0.2) is 6.07 Å². The largest absolute Gasteiger partial charge is 0.496 e. The first-order valence-electron chi connectivity index (χ1n) is 6.56. The second-order valence-corrected chi connectivity index (χ2v) is 4.94. The maximum atomic E-state index is 5.85. The number of hydrogen-bond donors (Lipinski definition) is 0. The molecule has 19 heavy (non-hydrogen) atoms. The second-order valence-electron chi connectivity index (χ2n) is 4.94. The molecular formula is C14H19NO4. The van der Waals surface area contributed by atoms with Gasteiger partial charge in [-0.05, 0) is 25.6 Å². The van der Waals surface area contributed by atoms with Crippen molar-refractivity contribution in [2.45, 2.75) is 26.2 Å². The van der Waals surface area contributed by atoms with Crippen LogP contribution in [0.2, 0.25) is 0 Å². The van der Waals surface area contributed by atoms with Crippen molar-refractivity contribution in [2.24, 2.45) is 0 Å². The van der Waals surface area contributed by atoms with E-state index in [0.29, 0.717) is 13.2 Å². The molecule has 0 aromatic heterocycles. The van der Waals surface area contributed by atoms with Crippen molar-refractivity contribution in [1.29, 1.82) is 0 Å². The molecule has 1 aromatic rings. The Labute approximate surface area is 112 Å². The molecule has 0 fully saturated rings. The Balaban J connectivity index is 2.12. The van der Waals surface area contributed by atoms with E-state index in [9.17, 15) is 0 Å². The Morgan fingerprint density at radius 3 is 3.00 bits per heavy atom. The van der Waals surface area contributed by atoms with E-state index in [2.05, 4.69) is 11.9 Å². The highest BCUT2D eigenvalue weighted by Crippen LogP contribution is 2.44. The van der Waals surface area contributed by atoms with Gasteiger partial charge in [-0.1, -0.05) is 0 Å². The molecule has 104 valence electrons. The third-order valence-corrected chi connectivity index (χ3v) is 3.66. The fraction of sp³-hybridized carbons (Fsp3) is 0.571. The summed E-state index contributed by atoms with van der Waals surface area (Å²) in [5.41, 5.74) is 3.33. The van der Waals surface area contributed by atoms with Crippen LogP contribution in [0, 0.1) is 0 Å². The highest BCUT2D eigenvalue weighted by Gasteiger charge is 2.32. The van der Waals surface area contributed by atoms with Crippen LogP contribution in [-0.4, -0.2) is 32.2 Å². The summed E-state index contributed by atoms with van der Waals surface area (Å²) in [6.45, 7) is 4.88. The quantitative estimate of drug-likeness (QED) is 0.782. The molecule has 2 aliphatic rings. The number of benzene rings is 1. The first-order chi connectivity index (χ1) is 9.24. The molecule has 1 aromatic carbocycles. The molecule has 5 heteroatoms. The highest BCUT2D eigenvalue weighted by atomic mass is 17.2. The van der Waals surface area contributed by atoms with Crippen molar-refractivity contribution in [3.8, 4) is 11.5 Å². The van der Waals surface area contributed by atoms with Gasteiger partial charge in [-0.25, -0.2) is 0 Å². The Bertz CT molecular complexity index is 489. The summed E-state index contributed by atoms with van der Waals surface area (Å²) in [7, 11) is 3.78. The van der Waals surface area contributed by atoms with Gasteiger partial charge in [0.05, 0.1) is 18.8 Å². The average Bonchev–Trinajstić information content (AvgIpc) is 2.84. The van der Waals surface area contributed by atoms with Crippen molar-refractivity contribution in [2.75, 3.05) is 27.3 Å². The van der Waals surface area contributed by atoms with Crippen molar-refractivity contribution >= 4 is 0 Å². The molecule has 5 nitrogen and oxygen atoms in total. The SMILES string of the molecule is CCOC1CN(C)Cc2c1cc1c(c2OC)COO1. The Hall–Kier alpha value is -1.30. The van der Waals surface area contributed by atoms with Crippen LogP contribution in [0.4, 0.5) is 0 Å². The lowest BCUT2D eigenvalue weighted by molar-refractivity contribution is -0.194. The van der Waals surface area contributed by atoms with E-state index in [0.717, 1.165) is 35.7 Å². The van der Waals surface area contributed by atoms with Crippen LogP contribution < -0.4 is 9.62 Å². The van der Waals surface area contributed by atoms with Gasteiger partial charge >= 0.3 is 0 Å². The summed E-state index contributed by atoms with van der Waals surface area (Å²) in [5, 5.41) is 0. The fourth-order valence-corrected chi connectivity index (χ4v) is 2.86. The molecule has 2 heterocycles. The number of nitrogens with zero attached hydrogens (tertiary/aromatic N) is 1. The van der Waals surface area contributed by atoms with E-state index in [-0.39, 0.29) is 6.10 Å². The molecule has 0 N–H and O–H groups in total. The Kier molecular flexibility index (Phi) is 3.35. The van der Waals surface area contributed by atoms with Gasteiger partial charge in [0.25, 0.3) is 0 Å². The monoisotopic (exact) mass is 265 g/mol. The predicted octanol–water partition coefficient (Wildman–Crippen LogP) is 2.04. The van der Waals surface area contributed by atoms with Crippen molar-refractivity contribution in [1.82, 2.24) is 4.90 Å². The van der Waals surface area contributed by atoms with E-state index < -0.39 is 0 Å². The van der Waals surface area contributed by atoms with Crippen LogP contribution in [0.5, 0.6) is 11.5 Å². The average molecular weight is 265 g/mol. The molecule has 0 bridgehead atoms. The van der Waals surface area contributed by atoms with E-state index >= 15 is 0 Å². The summed E-state index contributed by atoms with van der Waals surface area (Å²) in [5.74, 6) is 1.63. The minimum absolute atomic E-state index is 0.0575. The summed E-state index contributed by atoms with van der Waals surface area (Å²) < 4.78 is 11.4. The lowest BCUT2D eigenvalue weighted by Gasteiger charge is -2.33. The number of methoxy groups -OCH3 is 1. The standard InChI is InChI=1S/C14H19NO4/c1-4-17-13-7-15(2)6-10-9(13)5-12-11(8-18-19-12)14(10)16-3/h5,13H,4,6-8H2,1-3H3. The molecular weight excluding hydrogens is 246 g/mol. The molecule has 3 rings (SSSR count). The molecule has 1 atom stereocenters. The fourth-order valence-electron chi connectivity index (χ4n) is 2.86. The second kappa shape index (κ2) is 5.00. The summed E-state index contributed by atoms with van der Waals surface area (Å²) in [4.78, 5) is 12.5. The lowest BCUT2D eigenvalue weighted by atomic mass is 9.93. The maximum absolute atomic E-state index is 5.85. The number of hydrogen-bond acceptors (Lipinski definition) is 5. The van der Waals surface area contributed by atoms with Gasteiger partial charge in [-0.3, -0.25) is 4.90 Å². The number of likely N-dealkylation sites (N-methyl/N-ethyl adjacent to an activating group) is 1. The zero-order valence-electron chi connectivity index (χ0n) is 11.6. The van der Waals surface area contributed by atoms with Gasteiger partial charge in [0, 0.05) is 25.3 Å². The number of rotatable bonds is 3. The van der Waals surface area contributed by atoms with Gasteiger partial charge in [-0.15, -0.1) is 0 Å². The summed E-state index contributed by atoms with van der Waals surface area (Å²) in [6, 6.07) is 2.04. The molecule has 0 spiro atoms. The van der Waals surface area contributed by atoms with E-state index in [1.165, 1.54) is 5.56 Å². The lowest BCUT2D eigenvalue weighted by Crippen LogP contribution is -2.32. The van der Waals surface area contributed by atoms with Crippen LogP contribution in [0.3, 0.4) is 0 Å². The van der Waals surface area contributed by atoms with Crippen LogP contribution in [0.1, 0.15) is 29.7 Å². The zero-order chi connectivity index (χ0) is 13.4. The zero-order valence-corrected chi connectivity index (χ0v) is 11.6. The van der Waals surface area contributed by atoms with Crippen molar-refractivity contribution < 1.29 is 19.2 Å². The van der Waals surface area contributed by atoms with Crippen LogP contribution in [0.25, 0.3) is 0 Å². The third kappa shape index (κ3) is 2.08. The number of fused-ring (bicyclic) bond motifs is 2. The molecule has 0 amide bonds. The smallest absolute Gasteiger partial charge is 0.175 e. The molecule has 0 radical (unpaired) electrons. The first kappa shape index (κ1) is 12.7. The maximum Gasteiger partial charge on any atom is 0.175 e. The van der Waals surface area contributed by atoms with Gasteiger partial charge in [0.1, 0.15) is 12.4 Å². The van der Waals surface area contributed by atoms with Gasteiger partial charge < -0.3 is 14.4 Å². The Morgan fingerprint density at radius 2 is 2.26 bits per heavy atom.